The Morgan fingerprint density at radius 2 is 1.64 bits per heavy atom. The van der Waals surface area contributed by atoms with Crippen LogP contribution in [0.3, 0.4) is 0 Å². The molecule has 2 saturated heterocycles. The molecule has 19 nitrogen and oxygen atoms in total. The van der Waals surface area contributed by atoms with Crippen LogP contribution < -0.4 is 17.0 Å². The van der Waals surface area contributed by atoms with Crippen molar-refractivity contribution in [3.63, 3.8) is 0 Å². The van der Waals surface area contributed by atoms with E-state index in [0.717, 1.165) is 16.8 Å². The van der Waals surface area contributed by atoms with E-state index in [-0.39, 0.29) is 0 Å². The van der Waals surface area contributed by atoms with Gasteiger partial charge in [0, 0.05) is 12.3 Å². The van der Waals surface area contributed by atoms with Crippen LogP contribution in [0.2, 0.25) is 0 Å². The summed E-state index contributed by atoms with van der Waals surface area (Å²) in [6.45, 7) is -1.84. The highest BCUT2D eigenvalue weighted by atomic mass is 31.3. The SMILES string of the molecule is NC1C(OP(=O)(O)OP(=O)(O)OCC2OC(n3ccc(=O)[nH]c3=O)C(O)C2O)OC(CO)C(O)C1O. The summed E-state index contributed by atoms with van der Waals surface area (Å²) in [5.74, 6) is 0. The smallest absolute Gasteiger partial charge is 0.394 e. The Labute approximate surface area is 200 Å². The molecule has 1 aromatic heterocycles. The molecule has 0 aromatic carbocycles. The van der Waals surface area contributed by atoms with Gasteiger partial charge < -0.3 is 50.5 Å². The van der Waals surface area contributed by atoms with Crippen LogP contribution in [0.15, 0.2) is 21.9 Å². The van der Waals surface area contributed by atoms with Crippen molar-refractivity contribution in [1.29, 1.82) is 0 Å². The highest BCUT2D eigenvalue weighted by Crippen LogP contribution is 2.61. The fraction of sp³-hybridized carbons (Fsp3) is 0.733. The lowest BCUT2D eigenvalue weighted by atomic mass is 9.98. The van der Waals surface area contributed by atoms with E-state index in [2.05, 4.69) is 13.4 Å². The number of aliphatic hydroxyl groups is 5. The molecule has 11 atom stereocenters. The minimum atomic E-state index is -5.51. The monoisotopic (exact) mass is 565 g/mol. The predicted molar refractivity (Wildman–Crippen MR) is 111 cm³/mol. The van der Waals surface area contributed by atoms with E-state index in [1.165, 1.54) is 0 Å². The fourth-order valence-corrected chi connectivity index (χ4v) is 5.57. The Morgan fingerprint density at radius 3 is 2.25 bits per heavy atom. The first-order chi connectivity index (χ1) is 16.7. The molecule has 1 aromatic rings. The molecule has 206 valence electrons. The summed E-state index contributed by atoms with van der Waals surface area (Å²) in [6.07, 6.45) is -12.5. The van der Waals surface area contributed by atoms with Gasteiger partial charge in [0.1, 0.15) is 36.6 Å². The number of aromatic amines is 1. The number of nitrogens with two attached hydrogens (primary N) is 1. The van der Waals surface area contributed by atoms with Crippen LogP contribution in [0.5, 0.6) is 0 Å². The Hall–Kier alpha value is -1.38. The van der Waals surface area contributed by atoms with Crippen LogP contribution in [0.25, 0.3) is 0 Å². The summed E-state index contributed by atoms with van der Waals surface area (Å²) in [7, 11) is -11.0. The topological polar surface area (TPSA) is 303 Å². The second-order valence-electron chi connectivity index (χ2n) is 7.77. The molecule has 0 radical (unpaired) electrons. The second-order valence-corrected chi connectivity index (χ2v) is 10.8. The van der Waals surface area contributed by atoms with Gasteiger partial charge in [0.15, 0.2) is 12.5 Å². The zero-order valence-corrected chi connectivity index (χ0v) is 19.8. The number of phosphoric acid groups is 2. The highest BCUT2D eigenvalue weighted by Gasteiger charge is 2.49. The Kier molecular flexibility index (Phi) is 9.05. The average Bonchev–Trinajstić information content (AvgIpc) is 3.06. The number of hydrogen-bond acceptors (Lipinski definition) is 15. The van der Waals surface area contributed by atoms with Crippen LogP contribution in [0.1, 0.15) is 6.23 Å². The van der Waals surface area contributed by atoms with Crippen molar-refractivity contribution in [2.24, 2.45) is 5.73 Å². The van der Waals surface area contributed by atoms with Gasteiger partial charge in [-0.05, 0) is 0 Å². The van der Waals surface area contributed by atoms with Gasteiger partial charge in [0.25, 0.3) is 5.56 Å². The van der Waals surface area contributed by atoms with Crippen LogP contribution in [-0.4, -0.2) is 107 Å². The maximum Gasteiger partial charge on any atom is 0.483 e. The minimum absolute atomic E-state index is 0.735. The van der Waals surface area contributed by atoms with Gasteiger partial charge in [-0.15, -0.1) is 0 Å². The predicted octanol–water partition coefficient (Wildman–Crippen LogP) is -4.83. The normalized spacial score (nSPS) is 38.4. The van der Waals surface area contributed by atoms with Gasteiger partial charge >= 0.3 is 21.3 Å². The van der Waals surface area contributed by atoms with E-state index in [0.29, 0.717) is 0 Å². The zero-order valence-electron chi connectivity index (χ0n) is 18.0. The van der Waals surface area contributed by atoms with Crippen molar-refractivity contribution in [2.75, 3.05) is 13.2 Å². The van der Waals surface area contributed by atoms with Crippen LogP contribution >= 0.6 is 15.6 Å². The number of H-pyrrole nitrogens is 1. The Balaban J connectivity index is 1.61. The van der Waals surface area contributed by atoms with Crippen molar-refractivity contribution >= 4 is 15.6 Å². The molecule has 10 N–H and O–H groups in total. The molecular weight excluding hydrogens is 540 g/mol. The van der Waals surface area contributed by atoms with E-state index >= 15 is 0 Å². The van der Waals surface area contributed by atoms with Gasteiger partial charge in [-0.3, -0.25) is 23.4 Å². The molecule has 21 heteroatoms. The van der Waals surface area contributed by atoms with Crippen LogP contribution in [-0.2, 0) is 32.0 Å². The number of nitrogens with one attached hydrogen (secondary N) is 1. The molecule has 0 aliphatic carbocycles. The molecule has 3 rings (SSSR count). The first-order valence-electron chi connectivity index (χ1n) is 10.1. The van der Waals surface area contributed by atoms with Gasteiger partial charge in [0.2, 0.25) is 0 Å². The van der Waals surface area contributed by atoms with Crippen molar-refractivity contribution < 1.29 is 67.3 Å². The molecule has 2 fully saturated rings. The number of aliphatic hydroxyl groups excluding tert-OH is 5. The van der Waals surface area contributed by atoms with Crippen LogP contribution in [0.4, 0.5) is 0 Å². The molecule has 2 aliphatic rings. The second kappa shape index (κ2) is 11.2. The van der Waals surface area contributed by atoms with E-state index in [1.54, 1.807) is 0 Å². The van der Waals surface area contributed by atoms with E-state index in [9.17, 15) is 48.9 Å². The maximum atomic E-state index is 12.2. The quantitative estimate of drug-likeness (QED) is 0.127. The summed E-state index contributed by atoms with van der Waals surface area (Å²) in [5, 5.41) is 49.0. The number of rotatable bonds is 9. The van der Waals surface area contributed by atoms with E-state index in [1.807, 2.05) is 4.98 Å². The van der Waals surface area contributed by atoms with Gasteiger partial charge in [-0.2, -0.15) is 4.31 Å². The van der Waals surface area contributed by atoms with Crippen LogP contribution in [0, 0.1) is 0 Å². The number of phosphoric ester groups is 2. The van der Waals surface area contributed by atoms with Gasteiger partial charge in [-0.25, -0.2) is 13.9 Å². The number of ether oxygens (including phenoxy) is 2. The molecule has 0 amide bonds. The lowest BCUT2D eigenvalue weighted by Gasteiger charge is -2.40. The first-order valence-corrected chi connectivity index (χ1v) is 13.1. The third-order valence-electron chi connectivity index (χ3n) is 5.24. The van der Waals surface area contributed by atoms with Gasteiger partial charge in [-0.1, -0.05) is 0 Å². The molecule has 2 aliphatic heterocycles. The Morgan fingerprint density at radius 1 is 1.00 bits per heavy atom. The summed E-state index contributed by atoms with van der Waals surface area (Å²) in [6, 6.07) is -0.699. The molecule has 3 heterocycles. The minimum Gasteiger partial charge on any atom is -0.394 e. The summed E-state index contributed by atoms with van der Waals surface area (Å²) in [4.78, 5) is 44.6. The third-order valence-corrected chi connectivity index (χ3v) is 7.84. The lowest BCUT2D eigenvalue weighted by molar-refractivity contribution is -0.242. The summed E-state index contributed by atoms with van der Waals surface area (Å²) >= 11 is 0. The molecule has 0 bridgehead atoms. The fourth-order valence-electron chi connectivity index (χ4n) is 3.39. The first kappa shape index (κ1) is 29.2. The largest absolute Gasteiger partial charge is 0.483 e. The lowest BCUT2D eigenvalue weighted by Crippen LogP contribution is -2.62. The average molecular weight is 565 g/mol. The van der Waals surface area contributed by atoms with E-state index in [4.69, 9.17) is 20.3 Å². The van der Waals surface area contributed by atoms with Gasteiger partial charge in [0.05, 0.1) is 19.3 Å². The summed E-state index contributed by atoms with van der Waals surface area (Å²) in [5.41, 5.74) is 3.82. The van der Waals surface area contributed by atoms with Crippen molar-refractivity contribution in [3.05, 3.63) is 33.1 Å². The van der Waals surface area contributed by atoms with Crippen molar-refractivity contribution in [2.45, 2.75) is 55.2 Å². The number of hydrogen-bond donors (Lipinski definition) is 9. The molecular formula is C15H25N3O16P2. The number of aromatic nitrogens is 2. The molecule has 11 unspecified atom stereocenters. The highest BCUT2D eigenvalue weighted by molar-refractivity contribution is 7.61. The third kappa shape index (κ3) is 6.54. The molecule has 36 heavy (non-hydrogen) atoms. The molecule has 0 saturated carbocycles. The number of nitrogens with zero attached hydrogens (tertiary/aromatic N) is 1. The summed E-state index contributed by atoms with van der Waals surface area (Å²) < 4.78 is 48.5. The van der Waals surface area contributed by atoms with Crippen molar-refractivity contribution in [3.8, 4) is 0 Å². The zero-order chi connectivity index (χ0) is 27.0. The maximum absolute atomic E-state index is 12.2. The standard InChI is InChI=1S/C15H25N3O16P2/c16-8-11(23)9(21)5(3-19)32-14(8)33-36(28,29)34-35(26,27)30-4-6-10(22)12(24)13(31-6)18-2-1-7(20)17-15(18)25/h1-2,5-6,8-14,19,21-24H,3-4,16H2,(H,26,27)(H,28,29)(H,17,20,25). The molecule has 0 spiro atoms. The Bertz CT molecular complexity index is 1130. The van der Waals surface area contributed by atoms with E-state index < -0.39 is 95.3 Å². The van der Waals surface area contributed by atoms with Crippen molar-refractivity contribution in [1.82, 2.24) is 9.55 Å².